The molecule has 2 saturated heterocycles. The lowest BCUT2D eigenvalue weighted by Gasteiger charge is -2.57. The van der Waals surface area contributed by atoms with Crippen molar-refractivity contribution < 1.29 is 24.7 Å². The second-order valence-corrected chi connectivity index (χ2v) is 13.2. The van der Waals surface area contributed by atoms with Gasteiger partial charge in [-0.2, -0.15) is 0 Å². The Bertz CT molecular complexity index is 1500. The number of nitrogens with one attached hydrogen (secondary N) is 1. The summed E-state index contributed by atoms with van der Waals surface area (Å²) in [7, 11) is 0. The molecule has 244 valence electrons. The van der Waals surface area contributed by atoms with Crippen molar-refractivity contribution in [3.8, 4) is 0 Å². The molecule has 0 aliphatic carbocycles. The molecule has 9 nitrogen and oxygen atoms in total. The average molecular weight is 628 g/mol. The van der Waals surface area contributed by atoms with Gasteiger partial charge in [-0.05, 0) is 82.3 Å². The predicted molar refractivity (Wildman–Crippen MR) is 177 cm³/mol. The molecule has 0 saturated carbocycles. The van der Waals surface area contributed by atoms with Crippen molar-refractivity contribution in [2.24, 2.45) is 10.8 Å². The third-order valence-corrected chi connectivity index (χ3v) is 11.3. The number of nitrogens with zero attached hydrogens (tertiary/aromatic N) is 2. The van der Waals surface area contributed by atoms with Crippen molar-refractivity contribution in [3.05, 3.63) is 112 Å². The van der Waals surface area contributed by atoms with Crippen LogP contribution in [0.25, 0.3) is 0 Å². The summed E-state index contributed by atoms with van der Waals surface area (Å²) in [5.74, 6) is -3.17. The van der Waals surface area contributed by atoms with Crippen LogP contribution in [0, 0.1) is 20.9 Å². The fraction of sp³-hybridized carbons (Fsp3) is 0.459. The molecule has 4 unspecified atom stereocenters. The van der Waals surface area contributed by atoms with Crippen LogP contribution in [-0.4, -0.2) is 63.7 Å². The predicted octanol–water partition coefficient (Wildman–Crippen LogP) is 6.47. The molecule has 2 aliphatic rings. The van der Waals surface area contributed by atoms with E-state index >= 15 is 0 Å². The topological polar surface area (TPSA) is 133 Å². The summed E-state index contributed by atoms with van der Waals surface area (Å²) in [6.45, 7) is 7.71. The maximum Gasteiger partial charge on any atom is 0.311 e. The summed E-state index contributed by atoms with van der Waals surface area (Å²) in [5, 5.41) is 36.9. The number of aliphatic carboxylic acids is 2. The molecule has 3 aromatic carbocycles. The summed E-state index contributed by atoms with van der Waals surface area (Å²) >= 11 is 0. The molecule has 46 heavy (non-hydrogen) atoms. The van der Waals surface area contributed by atoms with E-state index in [0.717, 1.165) is 25.9 Å². The fourth-order valence-corrected chi connectivity index (χ4v) is 8.80. The molecule has 5 rings (SSSR count). The van der Waals surface area contributed by atoms with Crippen LogP contribution in [0.4, 0.5) is 5.69 Å². The molecule has 0 bridgehead atoms. The molecule has 0 amide bonds. The molecular formula is C37H45N3O6. The molecule has 0 radical (unpaired) electrons. The van der Waals surface area contributed by atoms with Gasteiger partial charge in [0.05, 0.1) is 15.8 Å². The van der Waals surface area contributed by atoms with E-state index in [2.05, 4.69) is 58.7 Å². The Morgan fingerprint density at radius 1 is 0.870 bits per heavy atom. The highest BCUT2D eigenvalue weighted by Gasteiger charge is 2.66. The minimum absolute atomic E-state index is 0.103. The molecule has 2 heterocycles. The van der Waals surface area contributed by atoms with Crippen molar-refractivity contribution in [2.75, 3.05) is 19.6 Å². The Morgan fingerprint density at radius 3 is 1.91 bits per heavy atom. The van der Waals surface area contributed by atoms with E-state index in [4.69, 9.17) is 0 Å². The molecular weight excluding hydrogens is 582 g/mol. The van der Waals surface area contributed by atoms with Gasteiger partial charge in [0.25, 0.3) is 5.69 Å². The lowest BCUT2D eigenvalue weighted by Crippen LogP contribution is -2.69. The molecule has 3 aromatic rings. The smallest absolute Gasteiger partial charge is 0.311 e. The SMILES string of the molecule is CCC1(C(=O)O)C(C)NC(C)C(CCCN2CCC(c3ccccc3)(c3ccccc3)CC2)(C(=O)O)[C@@H]1c1cccc([N+](=O)[O-])c1. The Balaban J connectivity index is 1.44. The first-order chi connectivity index (χ1) is 22.0. The minimum atomic E-state index is -1.51. The molecule has 9 heteroatoms. The van der Waals surface area contributed by atoms with Gasteiger partial charge in [-0.1, -0.05) is 79.7 Å². The maximum absolute atomic E-state index is 13.5. The number of likely N-dealkylation sites (tertiary alicyclic amines) is 1. The first-order valence-electron chi connectivity index (χ1n) is 16.3. The lowest BCUT2D eigenvalue weighted by atomic mass is 9.49. The number of carboxylic acid groups (broad SMARTS) is 2. The zero-order valence-electron chi connectivity index (χ0n) is 26.9. The largest absolute Gasteiger partial charge is 0.481 e. The van der Waals surface area contributed by atoms with Crippen molar-refractivity contribution in [2.45, 2.75) is 76.3 Å². The highest BCUT2D eigenvalue weighted by Crippen LogP contribution is 2.59. The van der Waals surface area contributed by atoms with E-state index < -0.39 is 45.7 Å². The number of benzene rings is 3. The van der Waals surface area contributed by atoms with Gasteiger partial charge in [0.1, 0.15) is 0 Å². The minimum Gasteiger partial charge on any atom is -0.481 e. The lowest BCUT2D eigenvalue weighted by molar-refractivity contribution is -0.385. The highest BCUT2D eigenvalue weighted by atomic mass is 16.6. The van der Waals surface area contributed by atoms with E-state index in [-0.39, 0.29) is 23.9 Å². The molecule has 2 fully saturated rings. The summed E-state index contributed by atoms with van der Waals surface area (Å²) in [6.07, 6.45) is 2.79. The second kappa shape index (κ2) is 13.3. The van der Waals surface area contributed by atoms with Crippen LogP contribution < -0.4 is 5.32 Å². The zero-order chi connectivity index (χ0) is 33.1. The van der Waals surface area contributed by atoms with Crippen LogP contribution in [0.1, 0.15) is 75.5 Å². The van der Waals surface area contributed by atoms with Crippen molar-refractivity contribution in [1.82, 2.24) is 10.2 Å². The van der Waals surface area contributed by atoms with Crippen LogP contribution in [0.15, 0.2) is 84.9 Å². The third-order valence-electron chi connectivity index (χ3n) is 11.3. The standard InChI is InChI=1S/C37H45N3O6/c1-4-36(33(41)42)26(2)38-27(3)37(34(43)44,32(36)28-13-11-18-31(25-28)40(45)46)19-12-22-39-23-20-35(21-24-39,29-14-7-5-8-15-29)30-16-9-6-10-17-30/h5-11,13-18,25-27,32,38H,4,12,19-24H2,1-3H3,(H,41,42)(H,43,44)/t26?,27?,32-,36?,37?/m1/s1. The Morgan fingerprint density at radius 2 is 1.41 bits per heavy atom. The van der Waals surface area contributed by atoms with Gasteiger partial charge in [-0.3, -0.25) is 19.7 Å². The number of hydrogen-bond donors (Lipinski definition) is 3. The fourth-order valence-electron chi connectivity index (χ4n) is 8.80. The van der Waals surface area contributed by atoms with Crippen molar-refractivity contribution >= 4 is 17.6 Å². The number of hydrogen-bond acceptors (Lipinski definition) is 6. The monoisotopic (exact) mass is 627 g/mol. The number of non-ortho nitro benzene ring substituents is 1. The summed E-state index contributed by atoms with van der Waals surface area (Å²) in [5.41, 5.74) is -0.305. The van der Waals surface area contributed by atoms with E-state index in [1.54, 1.807) is 19.9 Å². The zero-order valence-corrected chi connectivity index (χ0v) is 26.9. The molecule has 2 aliphatic heterocycles. The van der Waals surface area contributed by atoms with Gasteiger partial charge >= 0.3 is 11.9 Å². The van der Waals surface area contributed by atoms with Crippen LogP contribution >= 0.6 is 0 Å². The maximum atomic E-state index is 13.5. The van der Waals surface area contributed by atoms with Crippen LogP contribution in [0.2, 0.25) is 0 Å². The van der Waals surface area contributed by atoms with E-state index in [0.29, 0.717) is 18.5 Å². The van der Waals surface area contributed by atoms with Gasteiger partial charge in [0, 0.05) is 35.5 Å². The summed E-state index contributed by atoms with van der Waals surface area (Å²) < 4.78 is 0. The van der Waals surface area contributed by atoms with Gasteiger partial charge < -0.3 is 20.4 Å². The number of carbonyl (C=O) groups is 2. The quantitative estimate of drug-likeness (QED) is 0.163. The van der Waals surface area contributed by atoms with Gasteiger partial charge in [-0.25, -0.2) is 0 Å². The Hall–Kier alpha value is -4.08. The molecule has 0 aromatic heterocycles. The summed E-state index contributed by atoms with van der Waals surface area (Å²) in [6, 6.07) is 26.0. The van der Waals surface area contributed by atoms with Crippen LogP contribution in [-0.2, 0) is 15.0 Å². The number of nitro groups is 1. The summed E-state index contributed by atoms with van der Waals surface area (Å²) in [4.78, 5) is 40.3. The number of carboxylic acids is 2. The van der Waals surface area contributed by atoms with E-state index in [1.807, 2.05) is 19.1 Å². The van der Waals surface area contributed by atoms with Crippen LogP contribution in [0.5, 0.6) is 0 Å². The first kappa shape index (κ1) is 33.3. The van der Waals surface area contributed by atoms with E-state index in [1.165, 1.54) is 29.3 Å². The Kier molecular flexibility index (Phi) is 9.65. The van der Waals surface area contributed by atoms with Crippen molar-refractivity contribution in [1.29, 1.82) is 0 Å². The highest BCUT2D eigenvalue weighted by molar-refractivity contribution is 5.84. The normalized spacial score (nSPS) is 27.9. The number of rotatable bonds is 11. The first-order valence-corrected chi connectivity index (χ1v) is 16.3. The van der Waals surface area contributed by atoms with Crippen molar-refractivity contribution in [3.63, 3.8) is 0 Å². The van der Waals surface area contributed by atoms with Gasteiger partial charge in [0.15, 0.2) is 0 Å². The molecule has 5 atom stereocenters. The van der Waals surface area contributed by atoms with Crippen LogP contribution in [0.3, 0.4) is 0 Å². The average Bonchev–Trinajstić information content (AvgIpc) is 3.06. The Labute approximate surface area is 270 Å². The molecule has 3 N–H and O–H groups in total. The number of piperidine rings is 2. The second-order valence-electron chi connectivity index (χ2n) is 13.2. The number of nitro benzene ring substituents is 1. The molecule has 0 spiro atoms. The van der Waals surface area contributed by atoms with E-state index in [9.17, 15) is 29.9 Å². The van der Waals surface area contributed by atoms with Gasteiger partial charge in [0.2, 0.25) is 0 Å². The third kappa shape index (κ3) is 5.60. The van der Waals surface area contributed by atoms with Gasteiger partial charge in [-0.15, -0.1) is 0 Å².